The summed E-state index contributed by atoms with van der Waals surface area (Å²) >= 11 is 1.88. The molecule has 1 aliphatic rings. The van der Waals surface area contributed by atoms with E-state index in [9.17, 15) is 0 Å². The quantitative estimate of drug-likeness (QED) is 0.149. The van der Waals surface area contributed by atoms with Crippen molar-refractivity contribution in [3.8, 4) is 11.1 Å². The summed E-state index contributed by atoms with van der Waals surface area (Å²) < 4.78 is 16.3. The van der Waals surface area contributed by atoms with Gasteiger partial charge in [0.25, 0.3) is 0 Å². The minimum atomic E-state index is -3.26. The van der Waals surface area contributed by atoms with Crippen molar-refractivity contribution in [3.63, 3.8) is 0 Å². The minimum absolute atomic E-state index is 0.837. The van der Waals surface area contributed by atoms with Gasteiger partial charge >= 0.3 is 0 Å². The van der Waals surface area contributed by atoms with E-state index in [-0.39, 0.29) is 0 Å². The van der Waals surface area contributed by atoms with Gasteiger partial charge in [-0.3, -0.25) is 0 Å². The van der Waals surface area contributed by atoms with Gasteiger partial charge in [0.05, 0.1) is 5.69 Å². The van der Waals surface area contributed by atoms with Gasteiger partial charge in [-0.25, -0.2) is 0 Å². The molecule has 356 valence electrons. The Balaban J connectivity index is 0.989. The first-order valence-corrected chi connectivity index (χ1v) is 28.7. The molecule has 1 atom stereocenters. The van der Waals surface area contributed by atoms with Crippen LogP contribution in [-0.2, 0) is 0 Å². The molecule has 4 heterocycles. The van der Waals surface area contributed by atoms with Crippen LogP contribution in [0.2, 0.25) is 0 Å². The number of hydrogen-bond donors (Lipinski definition) is 0. The number of para-hydroxylation sites is 5. The van der Waals surface area contributed by atoms with Crippen LogP contribution in [0.15, 0.2) is 276 Å². The van der Waals surface area contributed by atoms with Gasteiger partial charge in [-0.2, -0.15) is 0 Å². The molecule has 0 saturated carbocycles. The smallest absolute Gasteiger partial charge is 0.184 e. The Hall–Kier alpha value is -9.46. The zero-order valence-electron chi connectivity index (χ0n) is 41.0. The highest BCUT2D eigenvalue weighted by Crippen LogP contribution is 2.47. The molecule has 0 saturated heterocycles. The van der Waals surface area contributed by atoms with E-state index in [1.807, 2.05) is 17.4 Å². The van der Waals surface area contributed by atoms with E-state index < -0.39 is 8.07 Å². The van der Waals surface area contributed by atoms with Gasteiger partial charge in [0.1, 0.15) is 16.7 Å². The first-order valence-electron chi connectivity index (χ1n) is 25.9. The molecule has 1 unspecified atom stereocenters. The zero-order chi connectivity index (χ0) is 49.9. The summed E-state index contributed by atoms with van der Waals surface area (Å²) in [5, 5.41) is 14.7. The Kier molecular flexibility index (Phi) is 9.49. The maximum atomic E-state index is 6.91. The van der Waals surface area contributed by atoms with E-state index in [2.05, 4.69) is 271 Å². The molecule has 1 aliphatic heterocycles. The Labute approximate surface area is 443 Å². The maximum Gasteiger partial charge on any atom is 0.184 e. The fourth-order valence-corrected chi connectivity index (χ4v) is 18.9. The number of rotatable bonds is 7. The van der Waals surface area contributed by atoms with Crippen LogP contribution in [0, 0.1) is 0 Å². The molecule has 12 aromatic carbocycles. The average Bonchev–Trinajstić information content (AvgIpc) is 4.27. The standard InChI is InChI=1S/C70H44N2O2SSi/c1-2-18-47(19-3-1)72-60-26-9-13-31-68(60)76(50-37-39-56-54-21-6-10-28-63(54)73-65(56)43-50,51-38-40-58-57-23-8-12-30-66(57)75-67(58)44-51)69-41-36-49(42-62(69)72)71(61-27-15-25-59-55-22-7-11-29-64(55)74-70(59)61)48-34-32-46(33-35-48)53-24-14-17-45-16-4-5-20-52(45)53/h1-44H. The molecule has 0 spiro atoms. The molecule has 0 fully saturated rings. The summed E-state index contributed by atoms with van der Waals surface area (Å²) in [6.07, 6.45) is 0. The van der Waals surface area contributed by atoms with Crippen LogP contribution >= 0.6 is 11.3 Å². The van der Waals surface area contributed by atoms with Crippen LogP contribution in [0.1, 0.15) is 0 Å². The molecule has 0 N–H and O–H groups in total. The summed E-state index contributed by atoms with van der Waals surface area (Å²) in [6.45, 7) is 0. The summed E-state index contributed by atoms with van der Waals surface area (Å²) in [5.41, 5.74) is 12.2. The summed E-state index contributed by atoms with van der Waals surface area (Å²) in [6, 6.07) is 98.2. The van der Waals surface area contributed by atoms with E-state index in [1.54, 1.807) is 0 Å². The Morgan fingerprint density at radius 1 is 0.368 bits per heavy atom. The largest absolute Gasteiger partial charge is 0.456 e. The molecule has 6 heteroatoms. The first kappa shape index (κ1) is 43.0. The second-order valence-corrected chi connectivity index (χ2v) is 24.7. The van der Waals surface area contributed by atoms with E-state index in [4.69, 9.17) is 8.83 Å². The predicted molar refractivity (Wildman–Crippen MR) is 323 cm³/mol. The lowest BCUT2D eigenvalue weighted by Crippen LogP contribution is -2.77. The zero-order valence-corrected chi connectivity index (χ0v) is 42.8. The van der Waals surface area contributed by atoms with Crippen LogP contribution in [-0.4, -0.2) is 8.07 Å². The molecule has 0 aliphatic carbocycles. The maximum absolute atomic E-state index is 6.91. The molecule has 0 bridgehead atoms. The number of benzene rings is 12. The van der Waals surface area contributed by atoms with Crippen molar-refractivity contribution in [1.82, 2.24) is 0 Å². The van der Waals surface area contributed by atoms with Gasteiger partial charge in [-0.15, -0.1) is 11.3 Å². The minimum Gasteiger partial charge on any atom is -0.456 e. The fourth-order valence-electron chi connectivity index (χ4n) is 12.6. The fraction of sp³-hybridized carbons (Fsp3) is 0. The van der Waals surface area contributed by atoms with Crippen LogP contribution < -0.4 is 30.5 Å². The van der Waals surface area contributed by atoms with Gasteiger partial charge in [0, 0.05) is 70.2 Å². The SMILES string of the molecule is c1ccc(N2c3ccccc3[Si](c3ccc4c(c3)oc3ccccc34)(c3ccc4c(c3)sc3ccccc34)c3ccc(N(c4ccc(-c5cccc6ccccc56)cc4)c4cccc5c4oc4ccccc45)cc32)cc1. The van der Waals surface area contributed by atoms with Crippen molar-refractivity contribution < 1.29 is 8.83 Å². The Bertz CT molecular complexity index is 4680. The van der Waals surface area contributed by atoms with E-state index >= 15 is 0 Å². The average molecular weight is 1010 g/mol. The molecule has 16 rings (SSSR count). The van der Waals surface area contributed by atoms with Crippen LogP contribution in [0.25, 0.3) is 85.9 Å². The van der Waals surface area contributed by atoms with Crippen LogP contribution in [0.5, 0.6) is 0 Å². The van der Waals surface area contributed by atoms with E-state index in [1.165, 1.54) is 57.3 Å². The lowest BCUT2D eigenvalue weighted by atomic mass is 9.98. The lowest BCUT2D eigenvalue weighted by molar-refractivity contribution is 0.669. The van der Waals surface area contributed by atoms with Crippen molar-refractivity contribution in [2.75, 3.05) is 9.80 Å². The van der Waals surface area contributed by atoms with Crippen molar-refractivity contribution >= 4 is 149 Å². The highest BCUT2D eigenvalue weighted by molar-refractivity contribution is 7.26. The molecule has 0 radical (unpaired) electrons. The second kappa shape index (κ2) is 16.8. The first-order chi connectivity index (χ1) is 37.7. The topological polar surface area (TPSA) is 32.8 Å². The van der Waals surface area contributed by atoms with Gasteiger partial charge < -0.3 is 18.6 Å². The number of hydrogen-bond acceptors (Lipinski definition) is 5. The van der Waals surface area contributed by atoms with Crippen molar-refractivity contribution in [2.45, 2.75) is 0 Å². The van der Waals surface area contributed by atoms with Crippen LogP contribution in [0.4, 0.5) is 34.1 Å². The van der Waals surface area contributed by atoms with Gasteiger partial charge in [0.2, 0.25) is 0 Å². The molecular weight excluding hydrogens is 961 g/mol. The summed E-state index contributed by atoms with van der Waals surface area (Å²) in [5.74, 6) is 0. The number of thiophene rings is 1. The Morgan fingerprint density at radius 3 is 1.83 bits per heavy atom. The predicted octanol–water partition coefficient (Wildman–Crippen LogP) is 17.3. The van der Waals surface area contributed by atoms with E-state index in [0.29, 0.717) is 0 Å². The third kappa shape index (κ3) is 6.35. The molecular formula is C70H44N2O2SSi. The molecule has 3 aromatic heterocycles. The molecule has 76 heavy (non-hydrogen) atoms. The lowest BCUT2D eigenvalue weighted by Gasteiger charge is -2.45. The van der Waals surface area contributed by atoms with Crippen LogP contribution in [0.3, 0.4) is 0 Å². The van der Waals surface area contributed by atoms with Crippen molar-refractivity contribution in [1.29, 1.82) is 0 Å². The number of nitrogens with zero attached hydrogens (tertiary/aromatic N) is 2. The van der Waals surface area contributed by atoms with Gasteiger partial charge in [-0.05, 0) is 122 Å². The molecule has 4 nitrogen and oxygen atoms in total. The van der Waals surface area contributed by atoms with Gasteiger partial charge in [0.15, 0.2) is 13.7 Å². The molecule has 0 amide bonds. The normalized spacial score (nSPS) is 14.3. The summed E-state index contributed by atoms with van der Waals surface area (Å²) in [4.78, 5) is 4.90. The number of anilines is 6. The van der Waals surface area contributed by atoms with Crippen molar-refractivity contribution in [2.24, 2.45) is 0 Å². The third-order valence-electron chi connectivity index (χ3n) is 15.9. The summed E-state index contributed by atoms with van der Waals surface area (Å²) in [7, 11) is -3.26. The second-order valence-electron chi connectivity index (χ2n) is 19.9. The van der Waals surface area contributed by atoms with E-state index in [0.717, 1.165) is 83.6 Å². The monoisotopic (exact) mass is 1000 g/mol. The Morgan fingerprint density at radius 2 is 0.974 bits per heavy atom. The van der Waals surface area contributed by atoms with Crippen molar-refractivity contribution in [3.05, 3.63) is 267 Å². The molecule has 15 aromatic rings. The highest BCUT2D eigenvalue weighted by Gasteiger charge is 2.49. The number of fused-ring (bicyclic) bond motifs is 12. The third-order valence-corrected chi connectivity index (χ3v) is 21.9. The highest BCUT2D eigenvalue weighted by atomic mass is 32.1. The number of furan rings is 2. The van der Waals surface area contributed by atoms with Gasteiger partial charge in [-0.1, -0.05) is 188 Å².